The summed E-state index contributed by atoms with van der Waals surface area (Å²) < 4.78 is 1.01. The number of benzene rings is 1. The lowest BCUT2D eigenvalue weighted by Gasteiger charge is -2.23. The number of aryl methyl sites for hydroxylation is 1. The highest BCUT2D eigenvalue weighted by molar-refractivity contribution is 9.10. The number of halogens is 1. The van der Waals surface area contributed by atoms with Crippen molar-refractivity contribution in [1.29, 1.82) is 0 Å². The van der Waals surface area contributed by atoms with E-state index in [0.29, 0.717) is 12.1 Å². The third-order valence-electron chi connectivity index (χ3n) is 3.88. The molecule has 0 unspecified atom stereocenters. The average molecular weight is 326 g/mol. The highest BCUT2D eigenvalue weighted by Gasteiger charge is 2.27. The SMILES string of the molecule is Cc1cc(C(=O)N(C)C[C@H]2CCC[C@@H]2O)ccc1Br. The van der Waals surface area contributed by atoms with Gasteiger partial charge in [0.05, 0.1) is 6.10 Å². The number of carbonyl (C=O) groups is 1. The number of carbonyl (C=O) groups excluding carboxylic acids is 1. The molecule has 0 spiro atoms. The maximum absolute atomic E-state index is 12.3. The highest BCUT2D eigenvalue weighted by atomic mass is 79.9. The van der Waals surface area contributed by atoms with Crippen LogP contribution in [0.25, 0.3) is 0 Å². The lowest BCUT2D eigenvalue weighted by Crippen LogP contribution is -2.34. The van der Waals surface area contributed by atoms with E-state index in [-0.39, 0.29) is 17.9 Å². The van der Waals surface area contributed by atoms with E-state index in [0.717, 1.165) is 29.3 Å². The number of amides is 1. The highest BCUT2D eigenvalue weighted by Crippen LogP contribution is 2.26. The van der Waals surface area contributed by atoms with Crippen molar-refractivity contribution in [2.45, 2.75) is 32.3 Å². The van der Waals surface area contributed by atoms with Gasteiger partial charge in [0.2, 0.25) is 0 Å². The van der Waals surface area contributed by atoms with Crippen LogP contribution in [0.3, 0.4) is 0 Å². The molecule has 2 atom stereocenters. The Morgan fingerprint density at radius 3 is 2.79 bits per heavy atom. The molecule has 1 amide bonds. The topological polar surface area (TPSA) is 40.5 Å². The van der Waals surface area contributed by atoms with Gasteiger partial charge in [0.25, 0.3) is 5.91 Å². The van der Waals surface area contributed by atoms with E-state index in [1.54, 1.807) is 4.90 Å². The molecule has 19 heavy (non-hydrogen) atoms. The van der Waals surface area contributed by atoms with Gasteiger partial charge < -0.3 is 10.0 Å². The molecule has 0 radical (unpaired) electrons. The molecule has 1 aliphatic rings. The summed E-state index contributed by atoms with van der Waals surface area (Å²) in [6, 6.07) is 5.63. The van der Waals surface area contributed by atoms with Gasteiger partial charge in [-0.2, -0.15) is 0 Å². The number of aliphatic hydroxyl groups excluding tert-OH is 1. The summed E-state index contributed by atoms with van der Waals surface area (Å²) in [6.07, 6.45) is 2.69. The molecule has 3 nitrogen and oxygen atoms in total. The van der Waals surface area contributed by atoms with Crippen LogP contribution in [0.4, 0.5) is 0 Å². The zero-order valence-corrected chi connectivity index (χ0v) is 13.0. The van der Waals surface area contributed by atoms with Crippen molar-refractivity contribution in [3.63, 3.8) is 0 Å². The number of rotatable bonds is 3. The summed E-state index contributed by atoms with van der Waals surface area (Å²) in [5.41, 5.74) is 1.76. The quantitative estimate of drug-likeness (QED) is 0.928. The fraction of sp³-hybridized carbons (Fsp3) is 0.533. The Hall–Kier alpha value is -0.870. The molecule has 0 bridgehead atoms. The molecule has 104 valence electrons. The zero-order chi connectivity index (χ0) is 14.0. The van der Waals surface area contributed by atoms with Crippen LogP contribution in [0.5, 0.6) is 0 Å². The van der Waals surface area contributed by atoms with Crippen LogP contribution in [-0.4, -0.2) is 35.6 Å². The summed E-state index contributed by atoms with van der Waals surface area (Å²) in [5.74, 6) is 0.250. The number of hydrogen-bond donors (Lipinski definition) is 1. The molecule has 1 aliphatic carbocycles. The molecular formula is C15H20BrNO2. The van der Waals surface area contributed by atoms with Crippen LogP contribution < -0.4 is 0 Å². The zero-order valence-electron chi connectivity index (χ0n) is 11.4. The Labute approximate surface area is 122 Å². The Morgan fingerprint density at radius 1 is 1.47 bits per heavy atom. The molecule has 0 saturated heterocycles. The smallest absolute Gasteiger partial charge is 0.253 e. The summed E-state index contributed by atoms with van der Waals surface area (Å²) in [4.78, 5) is 14.1. The molecule has 0 aliphatic heterocycles. The van der Waals surface area contributed by atoms with E-state index in [1.807, 2.05) is 32.2 Å². The third-order valence-corrected chi connectivity index (χ3v) is 4.77. The van der Waals surface area contributed by atoms with Gasteiger partial charge >= 0.3 is 0 Å². The molecule has 2 rings (SSSR count). The van der Waals surface area contributed by atoms with E-state index in [1.165, 1.54) is 0 Å². The minimum Gasteiger partial charge on any atom is -0.393 e. The second kappa shape index (κ2) is 6.06. The average Bonchev–Trinajstić information content (AvgIpc) is 2.77. The van der Waals surface area contributed by atoms with Crippen molar-refractivity contribution < 1.29 is 9.90 Å². The minimum atomic E-state index is -0.248. The van der Waals surface area contributed by atoms with Crippen LogP contribution in [0.2, 0.25) is 0 Å². The second-order valence-electron chi connectivity index (χ2n) is 5.41. The standard InChI is InChI=1S/C15H20BrNO2/c1-10-8-11(6-7-13(10)16)15(19)17(2)9-12-4-3-5-14(12)18/h6-8,12,14,18H,3-5,9H2,1-2H3/t12-,14+/m1/s1. The van der Waals surface area contributed by atoms with Crippen molar-refractivity contribution in [1.82, 2.24) is 4.90 Å². The van der Waals surface area contributed by atoms with Crippen LogP contribution in [0.1, 0.15) is 35.2 Å². The van der Waals surface area contributed by atoms with Gasteiger partial charge in [0.1, 0.15) is 0 Å². The first-order valence-corrected chi connectivity index (χ1v) is 7.48. The predicted molar refractivity (Wildman–Crippen MR) is 79.2 cm³/mol. The van der Waals surface area contributed by atoms with Crippen LogP contribution in [0.15, 0.2) is 22.7 Å². The van der Waals surface area contributed by atoms with Gasteiger partial charge in [-0.15, -0.1) is 0 Å². The predicted octanol–water partition coefficient (Wildman–Crippen LogP) is 2.99. The molecule has 1 aromatic rings. The molecule has 1 saturated carbocycles. The minimum absolute atomic E-state index is 0.0229. The van der Waals surface area contributed by atoms with Gasteiger partial charge in [-0.25, -0.2) is 0 Å². The van der Waals surface area contributed by atoms with E-state index in [9.17, 15) is 9.90 Å². The van der Waals surface area contributed by atoms with E-state index in [2.05, 4.69) is 15.9 Å². The molecule has 0 heterocycles. The Morgan fingerprint density at radius 2 is 2.21 bits per heavy atom. The van der Waals surface area contributed by atoms with E-state index >= 15 is 0 Å². The lowest BCUT2D eigenvalue weighted by molar-refractivity contribution is 0.0693. The largest absolute Gasteiger partial charge is 0.393 e. The van der Waals surface area contributed by atoms with E-state index in [4.69, 9.17) is 0 Å². The maximum atomic E-state index is 12.3. The van der Waals surface area contributed by atoms with Crippen molar-refractivity contribution in [3.8, 4) is 0 Å². The van der Waals surface area contributed by atoms with Crippen molar-refractivity contribution >= 4 is 21.8 Å². The molecular weight excluding hydrogens is 306 g/mol. The molecule has 1 N–H and O–H groups in total. The summed E-state index contributed by atoms with van der Waals surface area (Å²) in [5, 5.41) is 9.83. The molecule has 4 heteroatoms. The van der Waals surface area contributed by atoms with Gasteiger partial charge in [-0.1, -0.05) is 22.4 Å². The third kappa shape index (κ3) is 3.37. The van der Waals surface area contributed by atoms with Crippen molar-refractivity contribution in [2.75, 3.05) is 13.6 Å². The summed E-state index contributed by atoms with van der Waals surface area (Å²) >= 11 is 3.44. The van der Waals surface area contributed by atoms with Gasteiger partial charge in [-0.3, -0.25) is 4.79 Å². The monoisotopic (exact) mass is 325 g/mol. The lowest BCUT2D eigenvalue weighted by atomic mass is 10.0. The Bertz CT molecular complexity index is 475. The van der Waals surface area contributed by atoms with Gasteiger partial charge in [0, 0.05) is 29.5 Å². The Kier molecular flexibility index (Phi) is 4.63. The van der Waals surface area contributed by atoms with E-state index < -0.39 is 0 Å². The first-order chi connectivity index (χ1) is 8.99. The summed E-state index contributed by atoms with van der Waals surface area (Å²) in [6.45, 7) is 2.61. The fourth-order valence-corrected chi connectivity index (χ4v) is 2.91. The number of hydrogen-bond acceptors (Lipinski definition) is 2. The van der Waals surface area contributed by atoms with Gasteiger partial charge in [-0.05, 0) is 43.5 Å². The fourth-order valence-electron chi connectivity index (χ4n) is 2.66. The summed E-state index contributed by atoms with van der Waals surface area (Å²) in [7, 11) is 1.81. The maximum Gasteiger partial charge on any atom is 0.253 e. The second-order valence-corrected chi connectivity index (χ2v) is 6.26. The molecule has 1 aromatic carbocycles. The first kappa shape index (κ1) is 14.5. The number of nitrogens with zero attached hydrogens (tertiary/aromatic N) is 1. The first-order valence-electron chi connectivity index (χ1n) is 6.68. The van der Waals surface area contributed by atoms with Crippen LogP contribution in [-0.2, 0) is 0 Å². The van der Waals surface area contributed by atoms with Crippen molar-refractivity contribution in [2.24, 2.45) is 5.92 Å². The molecule has 0 aromatic heterocycles. The normalized spacial score (nSPS) is 22.5. The van der Waals surface area contributed by atoms with Crippen LogP contribution in [0, 0.1) is 12.8 Å². The Balaban J connectivity index is 2.03. The van der Waals surface area contributed by atoms with Crippen molar-refractivity contribution in [3.05, 3.63) is 33.8 Å². The van der Waals surface area contributed by atoms with Crippen LogP contribution >= 0.6 is 15.9 Å². The van der Waals surface area contributed by atoms with Gasteiger partial charge in [0.15, 0.2) is 0 Å². The number of aliphatic hydroxyl groups is 1. The molecule has 1 fully saturated rings.